The van der Waals surface area contributed by atoms with E-state index in [-0.39, 0.29) is 0 Å². The van der Waals surface area contributed by atoms with E-state index in [4.69, 9.17) is 0 Å². The molecule has 86 valence electrons. The minimum atomic E-state index is -0.497. The molecule has 1 N–H and O–H groups in total. The molecule has 0 aliphatic rings. The second-order valence-electron chi connectivity index (χ2n) is 3.59. The molecule has 0 spiro atoms. The second-order valence-corrected chi connectivity index (χ2v) is 3.59. The fourth-order valence-corrected chi connectivity index (χ4v) is 1.52. The smallest absolute Gasteiger partial charge is 0.0918 e. The summed E-state index contributed by atoms with van der Waals surface area (Å²) < 4.78 is 0. The minimum Gasteiger partial charge on any atom is -0.387 e. The molecule has 0 aliphatic carbocycles. The lowest BCUT2D eigenvalue weighted by atomic mass is 10.1. The average Bonchev–Trinajstić information content (AvgIpc) is 2.31. The van der Waals surface area contributed by atoms with Gasteiger partial charge in [0, 0.05) is 32.0 Å². The van der Waals surface area contributed by atoms with E-state index in [0.29, 0.717) is 6.54 Å². The second kappa shape index (κ2) is 6.93. The number of rotatable bonds is 7. The third-order valence-electron chi connectivity index (χ3n) is 2.30. The van der Waals surface area contributed by atoms with Crippen molar-refractivity contribution < 1.29 is 5.11 Å². The van der Waals surface area contributed by atoms with Crippen molar-refractivity contribution in [2.45, 2.75) is 6.10 Å². The largest absolute Gasteiger partial charge is 0.387 e. The monoisotopic (exact) mass is 218 g/mol. The number of hydrogen-bond acceptors (Lipinski definition) is 3. The summed E-state index contributed by atoms with van der Waals surface area (Å²) in [6.07, 6.45) is 6.52. The number of pyridine rings is 1. The van der Waals surface area contributed by atoms with Gasteiger partial charge >= 0.3 is 0 Å². The van der Waals surface area contributed by atoms with Gasteiger partial charge in [-0.1, -0.05) is 12.2 Å². The van der Waals surface area contributed by atoms with Crippen LogP contribution in [0.15, 0.2) is 49.8 Å². The van der Waals surface area contributed by atoms with Gasteiger partial charge in [0.1, 0.15) is 0 Å². The van der Waals surface area contributed by atoms with Crippen LogP contribution in [0.4, 0.5) is 0 Å². The fraction of sp³-hybridized carbons (Fsp3) is 0.308. The Balaban J connectivity index is 2.57. The SMILES string of the molecule is C=CCN(CC=C)CC(O)c1ccncc1. The van der Waals surface area contributed by atoms with E-state index in [1.54, 1.807) is 12.4 Å². The van der Waals surface area contributed by atoms with Crippen molar-refractivity contribution in [2.75, 3.05) is 19.6 Å². The Hall–Kier alpha value is -1.45. The van der Waals surface area contributed by atoms with E-state index in [1.807, 2.05) is 24.3 Å². The first kappa shape index (κ1) is 12.6. The van der Waals surface area contributed by atoms with Crippen LogP contribution in [0.25, 0.3) is 0 Å². The number of aromatic nitrogens is 1. The number of nitrogens with zero attached hydrogens (tertiary/aromatic N) is 2. The summed E-state index contributed by atoms with van der Waals surface area (Å²) in [6.45, 7) is 9.45. The first-order chi connectivity index (χ1) is 7.77. The lowest BCUT2D eigenvalue weighted by Gasteiger charge is -2.22. The molecule has 0 amide bonds. The van der Waals surface area contributed by atoms with Gasteiger partial charge in [0.25, 0.3) is 0 Å². The van der Waals surface area contributed by atoms with Crippen molar-refractivity contribution in [3.05, 3.63) is 55.4 Å². The number of aliphatic hydroxyl groups excluding tert-OH is 1. The van der Waals surface area contributed by atoms with Gasteiger partial charge in [-0.25, -0.2) is 0 Å². The first-order valence-corrected chi connectivity index (χ1v) is 5.30. The highest BCUT2D eigenvalue weighted by Gasteiger charge is 2.11. The lowest BCUT2D eigenvalue weighted by Crippen LogP contribution is -2.29. The van der Waals surface area contributed by atoms with E-state index in [2.05, 4.69) is 23.0 Å². The molecule has 0 aromatic carbocycles. The molecule has 1 aromatic rings. The zero-order valence-corrected chi connectivity index (χ0v) is 9.42. The van der Waals surface area contributed by atoms with E-state index in [9.17, 15) is 5.11 Å². The third-order valence-corrected chi connectivity index (χ3v) is 2.30. The first-order valence-electron chi connectivity index (χ1n) is 5.30. The van der Waals surface area contributed by atoms with Crippen LogP contribution >= 0.6 is 0 Å². The van der Waals surface area contributed by atoms with Crippen molar-refractivity contribution >= 4 is 0 Å². The Bertz CT molecular complexity index is 314. The summed E-state index contributed by atoms with van der Waals surface area (Å²) in [6, 6.07) is 3.65. The zero-order chi connectivity index (χ0) is 11.8. The lowest BCUT2D eigenvalue weighted by molar-refractivity contribution is 0.125. The van der Waals surface area contributed by atoms with Gasteiger partial charge in [0.15, 0.2) is 0 Å². The summed E-state index contributed by atoms with van der Waals surface area (Å²) in [5, 5.41) is 10.0. The van der Waals surface area contributed by atoms with Crippen LogP contribution in [-0.2, 0) is 0 Å². The summed E-state index contributed by atoms with van der Waals surface area (Å²) in [5.74, 6) is 0. The Morgan fingerprint density at radius 2 is 1.81 bits per heavy atom. The Kier molecular flexibility index (Phi) is 5.46. The highest BCUT2D eigenvalue weighted by molar-refractivity contribution is 5.13. The van der Waals surface area contributed by atoms with Gasteiger partial charge < -0.3 is 5.11 Å². The molecular weight excluding hydrogens is 200 g/mol. The van der Waals surface area contributed by atoms with Crippen LogP contribution in [0.1, 0.15) is 11.7 Å². The van der Waals surface area contributed by atoms with E-state index in [0.717, 1.165) is 18.7 Å². The summed E-state index contributed by atoms with van der Waals surface area (Å²) in [5.41, 5.74) is 0.883. The van der Waals surface area contributed by atoms with Crippen LogP contribution in [0.3, 0.4) is 0 Å². The zero-order valence-electron chi connectivity index (χ0n) is 9.42. The number of hydrogen-bond donors (Lipinski definition) is 1. The van der Waals surface area contributed by atoms with Gasteiger partial charge in [-0.05, 0) is 17.7 Å². The summed E-state index contributed by atoms with van der Waals surface area (Å²) in [4.78, 5) is 6.00. The summed E-state index contributed by atoms with van der Waals surface area (Å²) >= 11 is 0. The van der Waals surface area contributed by atoms with Gasteiger partial charge in [-0.3, -0.25) is 9.88 Å². The highest BCUT2D eigenvalue weighted by atomic mass is 16.3. The minimum absolute atomic E-state index is 0.497. The Labute approximate surface area is 96.7 Å². The fourth-order valence-electron chi connectivity index (χ4n) is 1.52. The standard InChI is InChI=1S/C13H18N2O/c1-3-9-15(10-4-2)11-13(16)12-5-7-14-8-6-12/h3-8,13,16H,1-2,9-11H2. The number of aliphatic hydroxyl groups is 1. The van der Waals surface area contributed by atoms with E-state index < -0.39 is 6.10 Å². The van der Waals surface area contributed by atoms with Crippen LogP contribution < -0.4 is 0 Å². The average molecular weight is 218 g/mol. The van der Waals surface area contributed by atoms with Crippen molar-refractivity contribution in [3.8, 4) is 0 Å². The van der Waals surface area contributed by atoms with E-state index >= 15 is 0 Å². The van der Waals surface area contributed by atoms with Crippen LogP contribution in [-0.4, -0.2) is 34.6 Å². The predicted molar refractivity (Wildman–Crippen MR) is 66.0 cm³/mol. The quantitative estimate of drug-likeness (QED) is 0.709. The molecule has 0 radical (unpaired) electrons. The molecule has 1 unspecified atom stereocenters. The predicted octanol–water partition coefficient (Wildman–Crippen LogP) is 1.79. The maximum atomic E-state index is 10.0. The molecule has 1 rings (SSSR count). The normalized spacial score (nSPS) is 12.4. The molecule has 0 aliphatic heterocycles. The molecule has 1 heterocycles. The molecular formula is C13H18N2O. The third kappa shape index (κ3) is 3.96. The van der Waals surface area contributed by atoms with Crippen molar-refractivity contribution in [1.29, 1.82) is 0 Å². The van der Waals surface area contributed by atoms with Crippen molar-refractivity contribution in [2.24, 2.45) is 0 Å². The van der Waals surface area contributed by atoms with Gasteiger partial charge in [-0.15, -0.1) is 13.2 Å². The topological polar surface area (TPSA) is 36.4 Å². The molecule has 0 fully saturated rings. The Morgan fingerprint density at radius 1 is 1.25 bits per heavy atom. The molecule has 0 saturated carbocycles. The molecule has 0 bridgehead atoms. The van der Waals surface area contributed by atoms with Crippen molar-refractivity contribution in [1.82, 2.24) is 9.88 Å². The van der Waals surface area contributed by atoms with Crippen LogP contribution in [0.5, 0.6) is 0 Å². The maximum absolute atomic E-state index is 10.0. The van der Waals surface area contributed by atoms with Crippen molar-refractivity contribution in [3.63, 3.8) is 0 Å². The highest BCUT2D eigenvalue weighted by Crippen LogP contribution is 2.12. The maximum Gasteiger partial charge on any atom is 0.0918 e. The van der Waals surface area contributed by atoms with Crippen LogP contribution in [0, 0.1) is 0 Å². The van der Waals surface area contributed by atoms with E-state index in [1.165, 1.54) is 0 Å². The van der Waals surface area contributed by atoms with Crippen LogP contribution in [0.2, 0.25) is 0 Å². The van der Waals surface area contributed by atoms with Gasteiger partial charge in [-0.2, -0.15) is 0 Å². The van der Waals surface area contributed by atoms with Gasteiger partial charge in [0.05, 0.1) is 6.10 Å². The molecule has 0 saturated heterocycles. The molecule has 1 atom stereocenters. The van der Waals surface area contributed by atoms with Gasteiger partial charge in [0.2, 0.25) is 0 Å². The molecule has 3 heteroatoms. The Morgan fingerprint density at radius 3 is 2.31 bits per heavy atom. The molecule has 3 nitrogen and oxygen atoms in total. The molecule has 1 aromatic heterocycles. The molecule has 16 heavy (non-hydrogen) atoms. The summed E-state index contributed by atoms with van der Waals surface area (Å²) in [7, 11) is 0.